The quantitative estimate of drug-likeness (QED) is 0.680. The van der Waals surface area contributed by atoms with Gasteiger partial charge in [0.25, 0.3) is 0 Å². The smallest absolute Gasteiger partial charge is 0.379 e. The molecule has 1 fully saturated rings. The van der Waals surface area contributed by atoms with Crippen LogP contribution in [0.15, 0.2) is 0 Å². The average molecular weight is 289 g/mol. The van der Waals surface area contributed by atoms with Crippen molar-refractivity contribution in [3.8, 4) is 0 Å². The van der Waals surface area contributed by atoms with Gasteiger partial charge in [0.1, 0.15) is 0 Å². The summed E-state index contributed by atoms with van der Waals surface area (Å²) in [6, 6.07) is 0. The van der Waals surface area contributed by atoms with E-state index in [1.807, 2.05) is 0 Å². The van der Waals surface area contributed by atoms with E-state index in [1.165, 1.54) is 11.8 Å². The molecule has 102 valence electrons. The predicted octanol–water partition coefficient (Wildman–Crippen LogP) is 1.49. The van der Waals surface area contributed by atoms with Crippen LogP contribution in [-0.4, -0.2) is 52.3 Å². The van der Waals surface area contributed by atoms with Crippen LogP contribution in [0.2, 0.25) is 0 Å². The van der Waals surface area contributed by atoms with Crippen molar-refractivity contribution in [2.24, 2.45) is 0 Å². The van der Waals surface area contributed by atoms with E-state index < -0.39 is 15.6 Å². The molecule has 1 rings (SSSR count). The predicted molar refractivity (Wildman–Crippen MR) is 59.7 cm³/mol. The van der Waals surface area contributed by atoms with E-state index in [2.05, 4.69) is 9.05 Å². The summed E-state index contributed by atoms with van der Waals surface area (Å²) in [5, 5.41) is 0. The van der Waals surface area contributed by atoms with E-state index in [0.717, 1.165) is 14.2 Å². The van der Waals surface area contributed by atoms with Gasteiger partial charge in [-0.05, 0) is 0 Å². The van der Waals surface area contributed by atoms with Gasteiger partial charge in [-0.1, -0.05) is 0 Å². The van der Waals surface area contributed by atoms with Gasteiger partial charge in [-0.25, -0.2) is 13.8 Å². The van der Waals surface area contributed by atoms with Crippen LogP contribution in [0.4, 0.5) is 0 Å². The van der Waals surface area contributed by atoms with E-state index in [9.17, 15) is 9.13 Å². The lowest BCUT2D eigenvalue weighted by atomic mass is 10.5. The highest BCUT2D eigenvalue weighted by Gasteiger charge is 2.42. The van der Waals surface area contributed by atoms with Crippen molar-refractivity contribution in [1.29, 1.82) is 0 Å². The fourth-order valence-corrected chi connectivity index (χ4v) is 4.52. The molecule has 1 aliphatic heterocycles. The summed E-state index contributed by atoms with van der Waals surface area (Å²) >= 11 is 0. The first-order chi connectivity index (χ1) is 7.99. The van der Waals surface area contributed by atoms with Crippen LogP contribution in [0.25, 0.3) is 0 Å². The molecule has 0 aromatic carbocycles. The maximum absolute atomic E-state index is 12.4. The van der Waals surface area contributed by atoms with Crippen LogP contribution < -0.4 is 0 Å². The Bertz CT molecular complexity index is 322. The minimum atomic E-state index is -3.86. The van der Waals surface area contributed by atoms with Gasteiger partial charge < -0.3 is 4.74 Å². The summed E-state index contributed by atoms with van der Waals surface area (Å²) in [4.78, 5) is 0. The Kier molecular flexibility index (Phi) is 5.76. The first kappa shape index (κ1) is 15.3. The van der Waals surface area contributed by atoms with Crippen LogP contribution in [-0.2, 0) is 31.7 Å². The van der Waals surface area contributed by atoms with Crippen molar-refractivity contribution < 1.29 is 31.7 Å². The molecule has 1 atom stereocenters. The fraction of sp³-hybridized carbons (Fsp3) is 1.00. The lowest BCUT2D eigenvalue weighted by Crippen LogP contribution is -2.34. The summed E-state index contributed by atoms with van der Waals surface area (Å²) in [6.07, 6.45) is 0. The molecular weight excluding hydrogens is 272 g/mol. The van der Waals surface area contributed by atoms with Crippen LogP contribution >= 0.6 is 15.6 Å². The summed E-state index contributed by atoms with van der Waals surface area (Å²) < 4.78 is 49.6. The number of phosphoric ester groups is 1. The molecule has 0 saturated carbocycles. The molecule has 0 spiro atoms. The molecule has 0 radical (unpaired) electrons. The zero-order chi connectivity index (χ0) is 12.9. The third kappa shape index (κ3) is 3.84. The average Bonchev–Trinajstić information content (AvgIpc) is 2.39. The van der Waals surface area contributed by atoms with E-state index in [4.69, 9.17) is 13.6 Å². The molecule has 1 unspecified atom stereocenters. The summed E-state index contributed by atoms with van der Waals surface area (Å²) in [7, 11) is -4.05. The molecule has 8 nitrogen and oxygen atoms in total. The second-order valence-electron chi connectivity index (χ2n) is 3.11. The standard InChI is InChI=1S/C7H17NO7P2/c1-11-16(9,8-4-6-14-7-5-8)15-17(10,12-2)13-3/h4-7H2,1-3H3. The van der Waals surface area contributed by atoms with Crippen molar-refractivity contribution >= 4 is 15.6 Å². The molecule has 10 heteroatoms. The monoisotopic (exact) mass is 289 g/mol. The lowest BCUT2D eigenvalue weighted by Gasteiger charge is -2.32. The number of ether oxygens (including phenoxy) is 1. The minimum Gasteiger partial charge on any atom is -0.379 e. The largest absolute Gasteiger partial charge is 0.482 e. The number of rotatable bonds is 6. The Hall–Kier alpha value is 0.220. The maximum atomic E-state index is 12.4. The molecule has 0 aromatic rings. The normalized spacial score (nSPS) is 22.3. The van der Waals surface area contributed by atoms with Crippen LogP contribution in [0.3, 0.4) is 0 Å². The van der Waals surface area contributed by atoms with Crippen LogP contribution in [0, 0.1) is 0 Å². The third-order valence-corrected chi connectivity index (χ3v) is 6.29. The van der Waals surface area contributed by atoms with Gasteiger partial charge in [0.05, 0.1) is 13.2 Å². The number of morpholine rings is 1. The first-order valence-corrected chi connectivity index (χ1v) is 7.87. The molecule has 1 saturated heterocycles. The van der Waals surface area contributed by atoms with Gasteiger partial charge in [0, 0.05) is 34.4 Å². The van der Waals surface area contributed by atoms with Gasteiger partial charge in [0.15, 0.2) is 0 Å². The van der Waals surface area contributed by atoms with Crippen molar-refractivity contribution in [3.05, 3.63) is 0 Å². The Morgan fingerprint density at radius 3 is 1.94 bits per heavy atom. The Morgan fingerprint density at radius 1 is 1.00 bits per heavy atom. The fourth-order valence-electron chi connectivity index (χ4n) is 1.27. The third-order valence-electron chi connectivity index (χ3n) is 2.22. The molecule has 0 bridgehead atoms. The molecule has 0 N–H and O–H groups in total. The van der Waals surface area contributed by atoms with Crippen molar-refractivity contribution in [1.82, 2.24) is 4.67 Å². The maximum Gasteiger partial charge on any atom is 0.482 e. The zero-order valence-corrected chi connectivity index (χ0v) is 11.8. The first-order valence-electron chi connectivity index (χ1n) is 4.91. The molecule has 0 amide bonds. The Balaban J connectivity index is 2.80. The zero-order valence-electron chi connectivity index (χ0n) is 10.0. The molecule has 0 aliphatic carbocycles. The number of phosphoric acid groups is 1. The molecule has 1 aliphatic rings. The number of nitrogens with zero attached hydrogens (tertiary/aromatic N) is 1. The highest BCUT2D eigenvalue weighted by atomic mass is 31.3. The second kappa shape index (κ2) is 6.41. The Labute approximate surface area is 100 Å². The second-order valence-corrected chi connectivity index (χ2v) is 7.26. The van der Waals surface area contributed by atoms with Crippen LogP contribution in [0.5, 0.6) is 0 Å². The van der Waals surface area contributed by atoms with Crippen molar-refractivity contribution in [3.63, 3.8) is 0 Å². The van der Waals surface area contributed by atoms with Gasteiger partial charge in [-0.3, -0.25) is 13.6 Å². The molecule has 17 heavy (non-hydrogen) atoms. The number of hydrogen-bond acceptors (Lipinski definition) is 7. The summed E-state index contributed by atoms with van der Waals surface area (Å²) in [5.74, 6) is 0. The topological polar surface area (TPSA) is 83.5 Å². The highest BCUT2D eigenvalue weighted by molar-refractivity contribution is 7.63. The van der Waals surface area contributed by atoms with Gasteiger partial charge >= 0.3 is 15.6 Å². The lowest BCUT2D eigenvalue weighted by molar-refractivity contribution is 0.0571. The van der Waals surface area contributed by atoms with Crippen molar-refractivity contribution in [2.75, 3.05) is 47.6 Å². The van der Waals surface area contributed by atoms with E-state index in [-0.39, 0.29) is 0 Å². The summed E-state index contributed by atoms with van der Waals surface area (Å²) in [6.45, 7) is 1.53. The molecular formula is C7H17NO7P2. The summed E-state index contributed by atoms with van der Waals surface area (Å²) in [5.41, 5.74) is 0. The highest BCUT2D eigenvalue weighted by Crippen LogP contribution is 2.66. The van der Waals surface area contributed by atoms with E-state index in [0.29, 0.717) is 26.3 Å². The van der Waals surface area contributed by atoms with Gasteiger partial charge in [-0.2, -0.15) is 4.31 Å². The van der Waals surface area contributed by atoms with Crippen LogP contribution in [0.1, 0.15) is 0 Å². The Morgan fingerprint density at radius 2 is 1.53 bits per heavy atom. The van der Waals surface area contributed by atoms with E-state index in [1.54, 1.807) is 0 Å². The SMILES string of the molecule is COP(=O)(OC)OP(=O)(OC)N1CCOCC1. The molecule has 1 heterocycles. The number of hydrogen-bond donors (Lipinski definition) is 0. The van der Waals surface area contributed by atoms with Crippen molar-refractivity contribution in [2.45, 2.75) is 0 Å². The molecule has 0 aromatic heterocycles. The van der Waals surface area contributed by atoms with Gasteiger partial charge in [0.2, 0.25) is 0 Å². The van der Waals surface area contributed by atoms with E-state index >= 15 is 0 Å². The van der Waals surface area contributed by atoms with Gasteiger partial charge in [-0.15, -0.1) is 0 Å². The minimum absolute atomic E-state index is 0.360.